The Morgan fingerprint density at radius 2 is 2.31 bits per heavy atom. The molecule has 0 aliphatic heterocycles. The number of nitrogens with one attached hydrogen (secondary N) is 1. The highest BCUT2D eigenvalue weighted by Crippen LogP contribution is 2.01. The zero-order valence-corrected chi connectivity index (χ0v) is 9.95. The fraction of sp³-hybridized carbons (Fsp3) is 0.500. The van der Waals surface area contributed by atoms with Crippen molar-refractivity contribution < 1.29 is 0 Å². The van der Waals surface area contributed by atoms with Crippen LogP contribution in [0.5, 0.6) is 0 Å². The van der Waals surface area contributed by atoms with Crippen LogP contribution in [-0.2, 0) is 6.54 Å². The Hall–Kier alpha value is -1.76. The van der Waals surface area contributed by atoms with Gasteiger partial charge in [0.2, 0.25) is 0 Å². The largest absolute Gasteiger partial charge is 0.381 e. The number of aryl methyl sites for hydroxylation is 1. The molecule has 0 fully saturated rings. The minimum atomic E-state index is -0.0939. The van der Waals surface area contributed by atoms with Crippen LogP contribution in [0, 0.1) is 11.8 Å². The van der Waals surface area contributed by atoms with Crippen molar-refractivity contribution >= 4 is 5.69 Å². The van der Waals surface area contributed by atoms with Crippen molar-refractivity contribution in [2.75, 3.05) is 5.32 Å². The highest BCUT2D eigenvalue weighted by atomic mass is 16.1. The van der Waals surface area contributed by atoms with Gasteiger partial charge in [0.1, 0.15) is 0 Å². The Bertz CT molecular complexity index is 451. The zero-order chi connectivity index (χ0) is 12.0. The van der Waals surface area contributed by atoms with E-state index in [2.05, 4.69) is 22.3 Å². The summed E-state index contributed by atoms with van der Waals surface area (Å²) >= 11 is 0. The molecule has 0 aliphatic carbocycles. The smallest absolute Gasteiger partial charge is 0.268 e. The Morgan fingerprint density at radius 3 is 2.88 bits per heavy atom. The van der Waals surface area contributed by atoms with Gasteiger partial charge in [-0.1, -0.05) is 0 Å². The monoisotopic (exact) mass is 219 g/mol. The van der Waals surface area contributed by atoms with Gasteiger partial charge in [-0.25, -0.2) is 4.68 Å². The van der Waals surface area contributed by atoms with E-state index in [0.717, 1.165) is 5.69 Å². The second-order valence-corrected chi connectivity index (χ2v) is 3.78. The molecule has 0 saturated heterocycles. The van der Waals surface area contributed by atoms with Crippen LogP contribution in [0.4, 0.5) is 5.69 Å². The summed E-state index contributed by atoms with van der Waals surface area (Å²) < 4.78 is 1.43. The molecule has 4 nitrogen and oxygen atoms in total. The molecule has 0 amide bonds. The SMILES string of the molecule is CC#CCCn1ncc(NC(C)C)cc1=O. The van der Waals surface area contributed by atoms with Crippen molar-refractivity contribution in [3.63, 3.8) is 0 Å². The van der Waals surface area contributed by atoms with E-state index in [1.807, 2.05) is 13.8 Å². The molecule has 86 valence electrons. The second kappa shape index (κ2) is 5.96. The molecule has 1 rings (SSSR count). The van der Waals surface area contributed by atoms with E-state index in [1.165, 1.54) is 4.68 Å². The van der Waals surface area contributed by atoms with Crippen LogP contribution in [0.3, 0.4) is 0 Å². The molecular formula is C12H17N3O. The number of anilines is 1. The van der Waals surface area contributed by atoms with Crippen molar-refractivity contribution in [3.05, 3.63) is 22.6 Å². The van der Waals surface area contributed by atoms with Gasteiger partial charge in [0.15, 0.2) is 0 Å². The van der Waals surface area contributed by atoms with Gasteiger partial charge in [-0.3, -0.25) is 4.79 Å². The van der Waals surface area contributed by atoms with E-state index < -0.39 is 0 Å². The average molecular weight is 219 g/mol. The van der Waals surface area contributed by atoms with E-state index in [-0.39, 0.29) is 5.56 Å². The minimum absolute atomic E-state index is 0.0939. The van der Waals surface area contributed by atoms with Crippen LogP contribution in [0.2, 0.25) is 0 Å². The number of hydrogen-bond donors (Lipinski definition) is 1. The number of aromatic nitrogens is 2. The van der Waals surface area contributed by atoms with Crippen molar-refractivity contribution in [2.45, 2.75) is 39.8 Å². The topological polar surface area (TPSA) is 46.9 Å². The maximum atomic E-state index is 11.6. The molecule has 1 aromatic rings. The van der Waals surface area contributed by atoms with Crippen LogP contribution >= 0.6 is 0 Å². The Morgan fingerprint density at radius 1 is 1.56 bits per heavy atom. The highest BCUT2D eigenvalue weighted by molar-refractivity contribution is 5.39. The summed E-state index contributed by atoms with van der Waals surface area (Å²) in [4.78, 5) is 11.6. The summed E-state index contributed by atoms with van der Waals surface area (Å²) in [6.07, 6.45) is 2.32. The summed E-state index contributed by atoms with van der Waals surface area (Å²) in [5.74, 6) is 5.69. The molecular weight excluding hydrogens is 202 g/mol. The number of nitrogens with zero attached hydrogens (tertiary/aromatic N) is 2. The van der Waals surface area contributed by atoms with Crippen LogP contribution in [0.1, 0.15) is 27.2 Å². The molecule has 0 unspecified atom stereocenters. The van der Waals surface area contributed by atoms with E-state index in [4.69, 9.17) is 0 Å². The molecule has 1 N–H and O–H groups in total. The maximum Gasteiger partial charge on any atom is 0.268 e. The molecule has 0 aliphatic rings. The molecule has 16 heavy (non-hydrogen) atoms. The standard InChI is InChI=1S/C12H17N3O/c1-4-5-6-7-15-12(16)8-11(9-13-15)14-10(2)3/h8-10,14H,6-7H2,1-3H3. The Balaban J connectivity index is 2.74. The Kier molecular flexibility index (Phi) is 4.59. The van der Waals surface area contributed by atoms with Crippen LogP contribution < -0.4 is 10.9 Å². The fourth-order valence-corrected chi connectivity index (χ4v) is 1.30. The van der Waals surface area contributed by atoms with E-state index in [9.17, 15) is 4.79 Å². The Labute approximate surface area is 95.7 Å². The summed E-state index contributed by atoms with van der Waals surface area (Å²) in [5, 5.41) is 7.21. The van der Waals surface area contributed by atoms with E-state index in [0.29, 0.717) is 19.0 Å². The number of rotatable bonds is 4. The summed E-state index contributed by atoms with van der Waals surface area (Å²) in [5.41, 5.74) is 0.668. The molecule has 1 aromatic heterocycles. The zero-order valence-electron chi connectivity index (χ0n) is 9.95. The third kappa shape index (κ3) is 3.77. The summed E-state index contributed by atoms with van der Waals surface area (Å²) in [6.45, 7) is 6.36. The number of hydrogen-bond acceptors (Lipinski definition) is 3. The van der Waals surface area contributed by atoms with Gasteiger partial charge in [-0.15, -0.1) is 11.8 Å². The molecule has 1 heterocycles. The summed E-state index contributed by atoms with van der Waals surface area (Å²) in [7, 11) is 0. The maximum absolute atomic E-state index is 11.6. The van der Waals surface area contributed by atoms with Gasteiger partial charge >= 0.3 is 0 Å². The first-order valence-electron chi connectivity index (χ1n) is 5.37. The third-order valence-corrected chi connectivity index (χ3v) is 1.95. The van der Waals surface area contributed by atoms with Gasteiger partial charge in [0.25, 0.3) is 5.56 Å². The lowest BCUT2D eigenvalue weighted by Gasteiger charge is -2.09. The van der Waals surface area contributed by atoms with Gasteiger partial charge in [-0.05, 0) is 20.8 Å². The fourth-order valence-electron chi connectivity index (χ4n) is 1.30. The molecule has 4 heteroatoms. The van der Waals surface area contributed by atoms with Crippen molar-refractivity contribution in [3.8, 4) is 11.8 Å². The van der Waals surface area contributed by atoms with Crippen LogP contribution in [0.25, 0.3) is 0 Å². The lowest BCUT2D eigenvalue weighted by atomic mass is 10.3. The van der Waals surface area contributed by atoms with Crippen molar-refractivity contribution in [1.29, 1.82) is 0 Å². The van der Waals surface area contributed by atoms with E-state index >= 15 is 0 Å². The van der Waals surface area contributed by atoms with Crippen LogP contribution in [0.15, 0.2) is 17.1 Å². The molecule has 0 bridgehead atoms. The molecule has 0 spiro atoms. The predicted octanol–water partition coefficient (Wildman–Crippen LogP) is 1.48. The van der Waals surface area contributed by atoms with Gasteiger partial charge in [0, 0.05) is 18.5 Å². The molecule has 0 radical (unpaired) electrons. The highest BCUT2D eigenvalue weighted by Gasteiger charge is 2.00. The van der Waals surface area contributed by atoms with Gasteiger partial charge in [-0.2, -0.15) is 5.10 Å². The van der Waals surface area contributed by atoms with Crippen LogP contribution in [-0.4, -0.2) is 15.8 Å². The third-order valence-electron chi connectivity index (χ3n) is 1.95. The van der Waals surface area contributed by atoms with Crippen molar-refractivity contribution in [1.82, 2.24) is 9.78 Å². The quantitative estimate of drug-likeness (QED) is 0.780. The molecule has 0 saturated carbocycles. The first kappa shape index (κ1) is 12.3. The van der Waals surface area contributed by atoms with Gasteiger partial charge in [0.05, 0.1) is 18.4 Å². The van der Waals surface area contributed by atoms with Crippen molar-refractivity contribution in [2.24, 2.45) is 0 Å². The molecule has 0 aromatic carbocycles. The minimum Gasteiger partial charge on any atom is -0.381 e. The first-order valence-corrected chi connectivity index (χ1v) is 5.37. The average Bonchev–Trinajstić information content (AvgIpc) is 2.20. The predicted molar refractivity (Wildman–Crippen MR) is 65.3 cm³/mol. The van der Waals surface area contributed by atoms with E-state index in [1.54, 1.807) is 19.2 Å². The normalized spacial score (nSPS) is 9.75. The molecule has 0 atom stereocenters. The summed E-state index contributed by atoms with van der Waals surface area (Å²) in [6, 6.07) is 1.86. The van der Waals surface area contributed by atoms with Gasteiger partial charge < -0.3 is 5.32 Å². The first-order chi connectivity index (χ1) is 7.63. The lowest BCUT2D eigenvalue weighted by molar-refractivity contribution is 0.590. The lowest BCUT2D eigenvalue weighted by Crippen LogP contribution is -2.23. The second-order valence-electron chi connectivity index (χ2n) is 3.78.